The molecule has 2 fully saturated rings. The van der Waals surface area contributed by atoms with Gasteiger partial charge in [-0.15, -0.1) is 0 Å². The van der Waals surface area contributed by atoms with E-state index < -0.39 is 11.3 Å². The van der Waals surface area contributed by atoms with E-state index in [1.54, 1.807) is 6.20 Å². The fraction of sp³-hybridized carbons (Fsp3) is 0.667. The van der Waals surface area contributed by atoms with E-state index in [-0.39, 0.29) is 6.42 Å². The third kappa shape index (κ3) is 1.86. The summed E-state index contributed by atoms with van der Waals surface area (Å²) in [5, 5.41) is 0.726. The van der Waals surface area contributed by atoms with E-state index in [4.69, 9.17) is 0 Å². The molecule has 1 saturated heterocycles. The number of hydrogen-bond acceptors (Lipinski definition) is 4. The van der Waals surface area contributed by atoms with Gasteiger partial charge in [0.15, 0.2) is 5.16 Å². The molecular weight excluding hydrogens is 256 g/mol. The standard InChI is InChI=1S/C12H15F2N3S/c1-18-10-15-5-2-9(16-10)17-6-3-11(4-7-17)8-12(11,13)14/h2,5H,3-4,6-8H2,1H3. The second kappa shape index (κ2) is 4.05. The molecule has 1 aliphatic carbocycles. The summed E-state index contributed by atoms with van der Waals surface area (Å²) in [5.41, 5.74) is -0.696. The van der Waals surface area contributed by atoms with Crippen molar-refractivity contribution in [2.45, 2.75) is 30.3 Å². The minimum absolute atomic E-state index is 0.0771. The molecule has 1 aliphatic heterocycles. The lowest BCUT2D eigenvalue weighted by atomic mass is 9.93. The van der Waals surface area contributed by atoms with Crippen molar-refractivity contribution in [1.82, 2.24) is 9.97 Å². The topological polar surface area (TPSA) is 29.0 Å². The highest BCUT2D eigenvalue weighted by Crippen LogP contribution is 2.65. The van der Waals surface area contributed by atoms with Crippen molar-refractivity contribution in [3.63, 3.8) is 0 Å². The Balaban J connectivity index is 1.69. The Morgan fingerprint density at radius 1 is 1.33 bits per heavy atom. The summed E-state index contributed by atoms with van der Waals surface area (Å²) in [6.45, 7) is 1.33. The van der Waals surface area contributed by atoms with Crippen molar-refractivity contribution >= 4 is 17.6 Å². The average Bonchev–Trinajstić information content (AvgIpc) is 2.91. The predicted molar refractivity (Wildman–Crippen MR) is 67.3 cm³/mol. The first kappa shape index (κ1) is 12.1. The Labute approximate surface area is 109 Å². The normalized spacial score (nSPS) is 24.3. The summed E-state index contributed by atoms with van der Waals surface area (Å²) in [7, 11) is 0. The highest BCUT2D eigenvalue weighted by Gasteiger charge is 2.70. The van der Waals surface area contributed by atoms with E-state index in [1.165, 1.54) is 11.8 Å². The molecule has 2 heterocycles. The monoisotopic (exact) mass is 271 g/mol. The molecule has 1 aromatic rings. The van der Waals surface area contributed by atoms with E-state index in [2.05, 4.69) is 14.9 Å². The number of piperidine rings is 1. The molecule has 98 valence electrons. The van der Waals surface area contributed by atoms with Gasteiger partial charge in [0, 0.05) is 31.1 Å². The van der Waals surface area contributed by atoms with Gasteiger partial charge in [0.05, 0.1) is 0 Å². The van der Waals surface area contributed by atoms with E-state index in [1.807, 2.05) is 12.3 Å². The molecule has 0 aromatic carbocycles. The van der Waals surface area contributed by atoms with Gasteiger partial charge in [-0.2, -0.15) is 0 Å². The zero-order valence-electron chi connectivity index (χ0n) is 10.2. The van der Waals surface area contributed by atoms with Crippen LogP contribution in [0.25, 0.3) is 0 Å². The van der Waals surface area contributed by atoms with Crippen molar-refractivity contribution < 1.29 is 8.78 Å². The molecule has 1 saturated carbocycles. The van der Waals surface area contributed by atoms with Crippen LogP contribution in [-0.2, 0) is 0 Å². The first-order valence-electron chi connectivity index (χ1n) is 6.06. The minimum atomic E-state index is -2.42. The van der Waals surface area contributed by atoms with Crippen LogP contribution < -0.4 is 4.90 Å². The molecule has 1 spiro atoms. The summed E-state index contributed by atoms with van der Waals surface area (Å²) in [6.07, 6.45) is 4.87. The van der Waals surface area contributed by atoms with Crippen molar-refractivity contribution in [3.8, 4) is 0 Å². The first-order valence-corrected chi connectivity index (χ1v) is 7.29. The van der Waals surface area contributed by atoms with Gasteiger partial charge in [-0.1, -0.05) is 11.8 Å². The molecule has 3 rings (SSSR count). The van der Waals surface area contributed by atoms with Crippen LogP contribution in [0.4, 0.5) is 14.6 Å². The van der Waals surface area contributed by atoms with E-state index in [0.717, 1.165) is 11.0 Å². The second-order valence-corrected chi connectivity index (χ2v) is 5.82. The molecule has 0 unspecified atom stereocenters. The van der Waals surface area contributed by atoms with Crippen molar-refractivity contribution in [2.24, 2.45) is 5.41 Å². The zero-order valence-corrected chi connectivity index (χ0v) is 11.0. The van der Waals surface area contributed by atoms with Crippen LogP contribution >= 0.6 is 11.8 Å². The summed E-state index contributed by atoms with van der Waals surface area (Å²) in [6, 6.07) is 1.85. The Kier molecular flexibility index (Phi) is 2.73. The third-order valence-corrected chi connectivity index (χ3v) is 4.62. The second-order valence-electron chi connectivity index (χ2n) is 5.05. The lowest BCUT2D eigenvalue weighted by Gasteiger charge is -2.33. The van der Waals surface area contributed by atoms with Crippen LogP contribution in [0.5, 0.6) is 0 Å². The van der Waals surface area contributed by atoms with Gasteiger partial charge < -0.3 is 4.90 Å². The number of alkyl halides is 2. The molecule has 2 aliphatic rings. The molecule has 0 bridgehead atoms. The predicted octanol–water partition coefficient (Wildman–Crippen LogP) is 2.82. The van der Waals surface area contributed by atoms with Gasteiger partial charge in [-0.25, -0.2) is 18.7 Å². The summed E-state index contributed by atoms with van der Waals surface area (Å²) in [5.74, 6) is -1.57. The number of halogens is 2. The van der Waals surface area contributed by atoms with Crippen LogP contribution in [0.1, 0.15) is 19.3 Å². The van der Waals surface area contributed by atoms with Crippen LogP contribution in [-0.4, -0.2) is 35.2 Å². The highest BCUT2D eigenvalue weighted by molar-refractivity contribution is 7.98. The zero-order chi connectivity index (χ0) is 12.8. The number of hydrogen-bond donors (Lipinski definition) is 0. The number of anilines is 1. The molecule has 0 N–H and O–H groups in total. The number of nitrogens with zero attached hydrogens (tertiary/aromatic N) is 3. The summed E-state index contributed by atoms with van der Waals surface area (Å²) in [4.78, 5) is 10.6. The van der Waals surface area contributed by atoms with Gasteiger partial charge in [-0.3, -0.25) is 0 Å². The number of thioether (sulfide) groups is 1. The van der Waals surface area contributed by atoms with Gasteiger partial charge in [0.2, 0.25) is 0 Å². The van der Waals surface area contributed by atoms with Crippen LogP contribution in [0.3, 0.4) is 0 Å². The Morgan fingerprint density at radius 2 is 2.00 bits per heavy atom. The molecule has 0 atom stereocenters. The molecule has 1 aromatic heterocycles. The number of aromatic nitrogens is 2. The quantitative estimate of drug-likeness (QED) is 0.611. The smallest absolute Gasteiger partial charge is 0.254 e. The number of rotatable bonds is 2. The molecular formula is C12H15F2N3S. The van der Waals surface area contributed by atoms with E-state index in [0.29, 0.717) is 25.9 Å². The molecule has 0 amide bonds. The molecule has 3 nitrogen and oxygen atoms in total. The Bertz CT molecular complexity index is 458. The first-order chi connectivity index (χ1) is 8.56. The fourth-order valence-corrected chi connectivity index (χ4v) is 3.04. The van der Waals surface area contributed by atoms with E-state index in [9.17, 15) is 8.78 Å². The lowest BCUT2D eigenvalue weighted by Crippen LogP contribution is -2.37. The molecule has 6 heteroatoms. The van der Waals surface area contributed by atoms with Gasteiger partial charge >= 0.3 is 0 Å². The third-order valence-electron chi connectivity index (χ3n) is 4.06. The van der Waals surface area contributed by atoms with Gasteiger partial charge in [0.1, 0.15) is 5.82 Å². The summed E-state index contributed by atoms with van der Waals surface area (Å²) >= 11 is 1.49. The molecule has 0 radical (unpaired) electrons. The van der Waals surface area contributed by atoms with Crippen molar-refractivity contribution in [3.05, 3.63) is 12.3 Å². The maximum Gasteiger partial charge on any atom is 0.254 e. The van der Waals surface area contributed by atoms with Crippen LogP contribution in [0.2, 0.25) is 0 Å². The van der Waals surface area contributed by atoms with Crippen LogP contribution in [0, 0.1) is 5.41 Å². The van der Waals surface area contributed by atoms with Gasteiger partial charge in [0.25, 0.3) is 5.92 Å². The van der Waals surface area contributed by atoms with Crippen molar-refractivity contribution in [1.29, 1.82) is 0 Å². The SMILES string of the molecule is CSc1nccc(N2CCC3(CC2)CC3(F)F)n1. The molecule has 18 heavy (non-hydrogen) atoms. The highest BCUT2D eigenvalue weighted by atomic mass is 32.2. The van der Waals surface area contributed by atoms with E-state index >= 15 is 0 Å². The maximum absolute atomic E-state index is 13.3. The average molecular weight is 271 g/mol. The van der Waals surface area contributed by atoms with Crippen LogP contribution in [0.15, 0.2) is 17.4 Å². The fourth-order valence-electron chi connectivity index (χ4n) is 2.69. The van der Waals surface area contributed by atoms with Gasteiger partial charge in [-0.05, 0) is 25.2 Å². The van der Waals surface area contributed by atoms with Crippen molar-refractivity contribution in [2.75, 3.05) is 24.2 Å². The lowest BCUT2D eigenvalue weighted by molar-refractivity contribution is 0.0536. The largest absolute Gasteiger partial charge is 0.356 e. The minimum Gasteiger partial charge on any atom is -0.356 e. The maximum atomic E-state index is 13.3. The Morgan fingerprint density at radius 3 is 2.56 bits per heavy atom. The summed E-state index contributed by atoms with van der Waals surface area (Å²) < 4.78 is 26.5. The Hall–Kier alpha value is -0.910.